The average Bonchev–Trinajstić information content (AvgIpc) is 1.97. The van der Waals surface area contributed by atoms with Crippen LogP contribution in [0, 0.1) is 0 Å². The molecule has 0 aromatic carbocycles. The van der Waals surface area contributed by atoms with Crippen LogP contribution in [0.3, 0.4) is 0 Å². The van der Waals surface area contributed by atoms with Crippen molar-refractivity contribution in [3.8, 4) is 0 Å². The molecule has 0 spiro atoms. The van der Waals surface area contributed by atoms with Gasteiger partial charge in [-0.15, -0.1) is 0 Å². The molecule has 84 valence electrons. The molecule has 1 atom stereocenters. The molecule has 0 aromatic heterocycles. The summed E-state index contributed by atoms with van der Waals surface area (Å²) in [6, 6.07) is 0. The molecule has 0 bridgehead atoms. The molecule has 0 aliphatic rings. The minimum absolute atomic E-state index is 0.317. The Morgan fingerprint density at radius 3 is 2.14 bits per heavy atom. The molecule has 0 heterocycles. The van der Waals surface area contributed by atoms with Crippen molar-refractivity contribution in [1.29, 1.82) is 0 Å². The lowest BCUT2D eigenvalue weighted by atomic mass is 10.2. The standard InChI is InChI=1S/C12H26OSi/c1-8-9-10-11(2)13-14(6,7)12(3,4)5/h8-9,11H,10H2,1-7H3/b9-8+/t11-/m1/s1. The van der Waals surface area contributed by atoms with Crippen LogP contribution < -0.4 is 0 Å². The summed E-state index contributed by atoms with van der Waals surface area (Å²) < 4.78 is 6.19. The van der Waals surface area contributed by atoms with E-state index in [0.29, 0.717) is 11.1 Å². The van der Waals surface area contributed by atoms with Crippen molar-refractivity contribution in [2.24, 2.45) is 0 Å². The van der Waals surface area contributed by atoms with Gasteiger partial charge in [-0.3, -0.25) is 0 Å². The molecule has 14 heavy (non-hydrogen) atoms. The van der Waals surface area contributed by atoms with Gasteiger partial charge in [0.25, 0.3) is 0 Å². The fraction of sp³-hybridized carbons (Fsp3) is 0.833. The molecular formula is C12H26OSi. The topological polar surface area (TPSA) is 9.23 Å². The van der Waals surface area contributed by atoms with Gasteiger partial charge in [0, 0.05) is 6.10 Å². The predicted octanol–water partition coefficient (Wildman–Crippen LogP) is 4.36. The smallest absolute Gasteiger partial charge is 0.192 e. The van der Waals surface area contributed by atoms with Crippen LogP contribution in [-0.4, -0.2) is 14.4 Å². The quantitative estimate of drug-likeness (QED) is 0.499. The molecule has 0 aromatic rings. The third kappa shape index (κ3) is 4.42. The molecule has 2 heteroatoms. The third-order valence-electron chi connectivity index (χ3n) is 3.01. The van der Waals surface area contributed by atoms with E-state index in [4.69, 9.17) is 4.43 Å². The molecule has 0 rings (SSSR count). The Hall–Kier alpha value is -0.0831. The maximum Gasteiger partial charge on any atom is 0.192 e. The van der Waals surface area contributed by atoms with Gasteiger partial charge in [0.05, 0.1) is 0 Å². The zero-order valence-corrected chi connectivity index (χ0v) is 11.8. The highest BCUT2D eigenvalue weighted by Crippen LogP contribution is 2.37. The lowest BCUT2D eigenvalue weighted by Gasteiger charge is -2.38. The maximum absolute atomic E-state index is 6.19. The van der Waals surface area contributed by atoms with Crippen molar-refractivity contribution in [3.05, 3.63) is 12.2 Å². The Labute approximate surface area is 90.7 Å². The van der Waals surface area contributed by atoms with Gasteiger partial charge in [-0.2, -0.15) is 0 Å². The van der Waals surface area contributed by atoms with Crippen LogP contribution in [0.15, 0.2) is 12.2 Å². The monoisotopic (exact) mass is 214 g/mol. The first kappa shape index (κ1) is 13.9. The second-order valence-corrected chi connectivity index (χ2v) is 10.2. The van der Waals surface area contributed by atoms with Crippen molar-refractivity contribution in [2.75, 3.05) is 0 Å². The van der Waals surface area contributed by atoms with Crippen LogP contribution in [0.1, 0.15) is 41.0 Å². The van der Waals surface area contributed by atoms with Gasteiger partial charge in [0.1, 0.15) is 0 Å². The molecule has 0 aliphatic heterocycles. The van der Waals surface area contributed by atoms with Crippen molar-refractivity contribution < 1.29 is 4.43 Å². The summed E-state index contributed by atoms with van der Waals surface area (Å²) in [5.41, 5.74) is 0. The lowest BCUT2D eigenvalue weighted by molar-refractivity contribution is 0.202. The van der Waals surface area contributed by atoms with Crippen LogP contribution in [0.4, 0.5) is 0 Å². The molecule has 0 fully saturated rings. The molecule has 0 saturated heterocycles. The summed E-state index contributed by atoms with van der Waals surface area (Å²) in [6.07, 6.45) is 5.65. The highest BCUT2D eigenvalue weighted by atomic mass is 28.4. The Bertz CT molecular complexity index is 189. The van der Waals surface area contributed by atoms with E-state index in [9.17, 15) is 0 Å². The first-order valence-electron chi connectivity index (χ1n) is 5.49. The van der Waals surface area contributed by atoms with Gasteiger partial charge in [-0.25, -0.2) is 0 Å². The summed E-state index contributed by atoms with van der Waals surface area (Å²) in [6.45, 7) is 15.7. The third-order valence-corrected chi connectivity index (χ3v) is 7.61. The number of hydrogen-bond acceptors (Lipinski definition) is 1. The van der Waals surface area contributed by atoms with Gasteiger partial charge in [-0.1, -0.05) is 32.9 Å². The highest BCUT2D eigenvalue weighted by molar-refractivity contribution is 6.74. The summed E-state index contributed by atoms with van der Waals surface area (Å²) >= 11 is 0. The predicted molar refractivity (Wildman–Crippen MR) is 67.2 cm³/mol. The Balaban J connectivity index is 4.22. The molecule has 0 unspecified atom stereocenters. The molecule has 0 aliphatic carbocycles. The molecule has 0 radical (unpaired) electrons. The second-order valence-electron chi connectivity index (χ2n) is 5.49. The molecule has 0 saturated carbocycles. The molecule has 0 N–H and O–H groups in total. The van der Waals surface area contributed by atoms with E-state index in [1.165, 1.54) is 0 Å². The Morgan fingerprint density at radius 1 is 1.29 bits per heavy atom. The van der Waals surface area contributed by atoms with Crippen LogP contribution in [0.2, 0.25) is 18.1 Å². The fourth-order valence-electron chi connectivity index (χ4n) is 1.06. The van der Waals surface area contributed by atoms with E-state index < -0.39 is 8.32 Å². The van der Waals surface area contributed by atoms with Gasteiger partial charge in [0.2, 0.25) is 0 Å². The highest BCUT2D eigenvalue weighted by Gasteiger charge is 2.38. The molecule has 1 nitrogen and oxygen atoms in total. The van der Waals surface area contributed by atoms with E-state index in [0.717, 1.165) is 6.42 Å². The Kier molecular flexibility index (Phi) is 5.10. The second kappa shape index (κ2) is 5.13. The first-order valence-corrected chi connectivity index (χ1v) is 8.40. The van der Waals surface area contributed by atoms with Crippen molar-refractivity contribution in [2.45, 2.75) is 65.3 Å². The van der Waals surface area contributed by atoms with Crippen molar-refractivity contribution in [3.63, 3.8) is 0 Å². The van der Waals surface area contributed by atoms with E-state index in [1.54, 1.807) is 0 Å². The largest absolute Gasteiger partial charge is 0.414 e. The van der Waals surface area contributed by atoms with Gasteiger partial charge in [0.15, 0.2) is 8.32 Å². The molecule has 0 amide bonds. The van der Waals surface area contributed by atoms with Gasteiger partial charge in [-0.05, 0) is 38.4 Å². The average molecular weight is 214 g/mol. The molecular weight excluding hydrogens is 188 g/mol. The number of rotatable bonds is 4. The SMILES string of the molecule is C/C=C/C[C@@H](C)O[Si](C)(C)C(C)(C)C. The van der Waals surface area contributed by atoms with Crippen LogP contribution >= 0.6 is 0 Å². The fourth-order valence-corrected chi connectivity index (χ4v) is 2.51. The number of allylic oxidation sites excluding steroid dienone is 1. The summed E-state index contributed by atoms with van der Waals surface area (Å²) in [5, 5.41) is 0.317. The van der Waals surface area contributed by atoms with Crippen molar-refractivity contribution in [1.82, 2.24) is 0 Å². The lowest BCUT2D eigenvalue weighted by Crippen LogP contribution is -2.43. The van der Waals surface area contributed by atoms with E-state index in [2.05, 4.69) is 59.9 Å². The van der Waals surface area contributed by atoms with E-state index in [-0.39, 0.29) is 0 Å². The number of hydrogen-bond donors (Lipinski definition) is 0. The van der Waals surface area contributed by atoms with Gasteiger partial charge >= 0.3 is 0 Å². The normalized spacial score (nSPS) is 16.2. The van der Waals surface area contributed by atoms with Crippen LogP contribution in [0.5, 0.6) is 0 Å². The minimum atomic E-state index is -1.55. The van der Waals surface area contributed by atoms with Crippen LogP contribution in [0.25, 0.3) is 0 Å². The van der Waals surface area contributed by atoms with E-state index in [1.807, 2.05) is 0 Å². The Morgan fingerprint density at radius 2 is 1.79 bits per heavy atom. The van der Waals surface area contributed by atoms with Crippen LogP contribution in [-0.2, 0) is 4.43 Å². The minimum Gasteiger partial charge on any atom is -0.414 e. The van der Waals surface area contributed by atoms with E-state index >= 15 is 0 Å². The maximum atomic E-state index is 6.19. The van der Waals surface area contributed by atoms with Crippen molar-refractivity contribution >= 4 is 8.32 Å². The zero-order chi connectivity index (χ0) is 11.4. The zero-order valence-electron chi connectivity index (χ0n) is 10.8. The summed E-state index contributed by atoms with van der Waals surface area (Å²) in [7, 11) is -1.55. The van der Waals surface area contributed by atoms with Gasteiger partial charge < -0.3 is 4.43 Å². The summed E-state index contributed by atoms with van der Waals surface area (Å²) in [4.78, 5) is 0. The first-order chi connectivity index (χ1) is 6.20. The summed E-state index contributed by atoms with van der Waals surface area (Å²) in [5.74, 6) is 0.